The topological polar surface area (TPSA) is 27.7 Å². The molecule has 19 heavy (non-hydrogen) atoms. The number of hydrogen-bond donors (Lipinski definition) is 0. The third-order valence-electron chi connectivity index (χ3n) is 2.89. The van der Waals surface area contributed by atoms with Gasteiger partial charge in [-0.1, -0.05) is 25.0 Å². The molecule has 0 saturated carbocycles. The molecule has 0 heterocycles. The highest BCUT2D eigenvalue weighted by atomic mass is 28.3. The zero-order valence-corrected chi connectivity index (χ0v) is 12.9. The third-order valence-corrected chi connectivity index (χ3v) is 4.17. The van der Waals surface area contributed by atoms with Crippen molar-refractivity contribution in [2.45, 2.75) is 32.1 Å². The van der Waals surface area contributed by atoms with Crippen LogP contribution in [0.1, 0.15) is 31.2 Å². The van der Waals surface area contributed by atoms with Gasteiger partial charge in [0.05, 0.1) is 0 Å². The number of hydrogen-bond acceptors (Lipinski definition) is 3. The molecule has 1 aromatic carbocycles. The van der Waals surface area contributed by atoms with Crippen molar-refractivity contribution in [3.05, 3.63) is 35.6 Å². The predicted octanol–water partition coefficient (Wildman–Crippen LogP) is 2.96. The van der Waals surface area contributed by atoms with E-state index in [2.05, 4.69) is 0 Å². The quantitative estimate of drug-likeness (QED) is 0.489. The summed E-state index contributed by atoms with van der Waals surface area (Å²) in [5, 5.41) is 0. The molecule has 0 N–H and O–H groups in total. The van der Waals surface area contributed by atoms with E-state index >= 15 is 0 Å². The lowest BCUT2D eigenvalue weighted by Gasteiger charge is -2.11. The molecule has 3 nitrogen and oxygen atoms in total. The van der Waals surface area contributed by atoms with Crippen molar-refractivity contribution in [1.82, 2.24) is 0 Å². The van der Waals surface area contributed by atoms with Crippen LogP contribution in [-0.2, 0) is 19.7 Å². The normalized spacial score (nSPS) is 11.2. The maximum atomic E-state index is 12.9. The van der Waals surface area contributed by atoms with E-state index in [1.807, 2.05) is 6.07 Å². The average Bonchev–Trinajstić information content (AvgIpc) is 2.42. The molecule has 0 fully saturated rings. The van der Waals surface area contributed by atoms with Crippen LogP contribution < -0.4 is 0 Å². The first-order chi connectivity index (χ1) is 9.26. The Kier molecular flexibility index (Phi) is 8.65. The minimum Gasteiger partial charge on any atom is -0.379 e. The van der Waals surface area contributed by atoms with Gasteiger partial charge in [0.15, 0.2) is 0 Å². The van der Waals surface area contributed by atoms with Gasteiger partial charge < -0.3 is 13.3 Å². The molecule has 0 bridgehead atoms. The van der Waals surface area contributed by atoms with Crippen molar-refractivity contribution in [3.63, 3.8) is 0 Å². The second kappa shape index (κ2) is 10.1. The fourth-order valence-corrected chi connectivity index (χ4v) is 2.71. The highest BCUT2D eigenvalue weighted by Gasteiger charge is 2.09. The molecule has 0 unspecified atom stereocenters. The highest BCUT2D eigenvalue weighted by Crippen LogP contribution is 2.09. The molecule has 1 aromatic rings. The zero-order valence-electron chi connectivity index (χ0n) is 11.7. The van der Waals surface area contributed by atoms with E-state index in [0.29, 0.717) is 6.61 Å². The van der Waals surface area contributed by atoms with Gasteiger partial charge in [-0.3, -0.25) is 0 Å². The summed E-state index contributed by atoms with van der Waals surface area (Å²) in [7, 11) is 1.37. The first-order valence-electron chi connectivity index (χ1n) is 6.68. The Labute approximate surface area is 116 Å². The monoisotopic (exact) mass is 286 g/mol. The lowest BCUT2D eigenvalue weighted by molar-refractivity contribution is 0.133. The molecule has 0 spiro atoms. The van der Waals surface area contributed by atoms with Crippen LogP contribution in [0.2, 0.25) is 0 Å². The molecule has 0 aliphatic carbocycles. The molecular formula is C14H23FO3Si. The third kappa shape index (κ3) is 7.42. The average molecular weight is 286 g/mol. The number of benzene rings is 1. The summed E-state index contributed by atoms with van der Waals surface area (Å²) in [5.41, 5.74) is 1.07. The molecule has 1 rings (SSSR count). The second-order valence-electron chi connectivity index (χ2n) is 4.43. The van der Waals surface area contributed by atoms with E-state index in [1.54, 1.807) is 26.4 Å². The standard InChI is InChI=1S/C14H23FO3Si/c1-16-19(17-2)18-11-6-4-3-5-8-13-9-7-10-14(15)12-13/h7,9-10,12,19H,3-6,8,11H2,1-2H3. The van der Waals surface area contributed by atoms with Crippen LogP contribution in [0.5, 0.6) is 0 Å². The maximum absolute atomic E-state index is 12.9. The van der Waals surface area contributed by atoms with E-state index in [9.17, 15) is 4.39 Å². The summed E-state index contributed by atoms with van der Waals surface area (Å²) >= 11 is 0. The number of rotatable bonds is 10. The Morgan fingerprint density at radius 3 is 2.47 bits per heavy atom. The summed E-state index contributed by atoms with van der Waals surface area (Å²) in [6.07, 6.45) is 5.28. The first kappa shape index (κ1) is 16.3. The first-order valence-corrected chi connectivity index (χ1v) is 8.09. The summed E-state index contributed by atoms with van der Waals surface area (Å²) in [6, 6.07) is 6.82. The molecule has 5 heteroatoms. The molecule has 0 aliphatic heterocycles. The summed E-state index contributed by atoms with van der Waals surface area (Å²) in [5.74, 6) is -0.152. The predicted molar refractivity (Wildman–Crippen MR) is 75.7 cm³/mol. The fraction of sp³-hybridized carbons (Fsp3) is 0.571. The van der Waals surface area contributed by atoms with Crippen LogP contribution in [-0.4, -0.2) is 30.4 Å². The van der Waals surface area contributed by atoms with Crippen molar-refractivity contribution in [2.24, 2.45) is 0 Å². The SMILES string of the molecule is CO[SiH](OC)OCCCCCCc1cccc(F)c1. The van der Waals surface area contributed by atoms with Crippen LogP contribution >= 0.6 is 0 Å². The lowest BCUT2D eigenvalue weighted by Crippen LogP contribution is -2.24. The summed E-state index contributed by atoms with van der Waals surface area (Å²) in [6.45, 7) is 0.693. The van der Waals surface area contributed by atoms with Crippen molar-refractivity contribution in [3.8, 4) is 0 Å². The number of aryl methyl sites for hydroxylation is 1. The van der Waals surface area contributed by atoms with Gasteiger partial charge >= 0.3 is 9.53 Å². The molecular weight excluding hydrogens is 263 g/mol. The number of unbranched alkanes of at least 4 members (excludes halogenated alkanes) is 3. The number of halogens is 1. The van der Waals surface area contributed by atoms with Crippen molar-refractivity contribution >= 4 is 9.53 Å². The Balaban J connectivity index is 1.99. The van der Waals surface area contributed by atoms with Gasteiger partial charge in [-0.15, -0.1) is 0 Å². The van der Waals surface area contributed by atoms with Crippen molar-refractivity contribution in [1.29, 1.82) is 0 Å². The van der Waals surface area contributed by atoms with Crippen LogP contribution in [0.4, 0.5) is 4.39 Å². The van der Waals surface area contributed by atoms with E-state index in [0.717, 1.165) is 37.7 Å². The summed E-state index contributed by atoms with van der Waals surface area (Å²) in [4.78, 5) is 0. The van der Waals surface area contributed by atoms with Gasteiger partial charge in [0.2, 0.25) is 0 Å². The van der Waals surface area contributed by atoms with Crippen LogP contribution in [0, 0.1) is 5.82 Å². The minimum atomic E-state index is -1.85. The molecule has 0 amide bonds. The minimum absolute atomic E-state index is 0.152. The molecule has 0 aliphatic rings. The van der Waals surface area contributed by atoms with Gasteiger partial charge in [-0.2, -0.15) is 0 Å². The zero-order chi connectivity index (χ0) is 13.9. The fourth-order valence-electron chi connectivity index (χ4n) is 1.89. The van der Waals surface area contributed by atoms with Gasteiger partial charge in [-0.05, 0) is 37.0 Å². The Morgan fingerprint density at radius 1 is 1.05 bits per heavy atom. The smallest absolute Gasteiger partial charge is 0.379 e. The van der Waals surface area contributed by atoms with E-state index in [4.69, 9.17) is 13.3 Å². The molecule has 0 saturated heterocycles. The molecule has 108 valence electrons. The van der Waals surface area contributed by atoms with Crippen LogP contribution in [0.3, 0.4) is 0 Å². The van der Waals surface area contributed by atoms with E-state index < -0.39 is 9.53 Å². The van der Waals surface area contributed by atoms with Crippen molar-refractivity contribution in [2.75, 3.05) is 20.8 Å². The Hall–Kier alpha value is -0.753. The lowest BCUT2D eigenvalue weighted by atomic mass is 10.1. The van der Waals surface area contributed by atoms with Gasteiger partial charge in [-0.25, -0.2) is 4.39 Å². The largest absolute Gasteiger partial charge is 0.483 e. The Bertz CT molecular complexity index is 345. The second-order valence-corrected chi connectivity index (χ2v) is 6.28. The molecule has 0 radical (unpaired) electrons. The van der Waals surface area contributed by atoms with Crippen LogP contribution in [0.25, 0.3) is 0 Å². The highest BCUT2D eigenvalue weighted by molar-refractivity contribution is 6.36. The van der Waals surface area contributed by atoms with E-state index in [1.165, 1.54) is 6.07 Å². The van der Waals surface area contributed by atoms with Gasteiger partial charge in [0.25, 0.3) is 0 Å². The van der Waals surface area contributed by atoms with Gasteiger partial charge in [0.1, 0.15) is 5.82 Å². The Morgan fingerprint density at radius 2 is 1.79 bits per heavy atom. The van der Waals surface area contributed by atoms with Crippen LogP contribution in [0.15, 0.2) is 24.3 Å². The van der Waals surface area contributed by atoms with E-state index in [-0.39, 0.29) is 5.82 Å². The summed E-state index contributed by atoms with van der Waals surface area (Å²) < 4.78 is 28.5. The van der Waals surface area contributed by atoms with Crippen molar-refractivity contribution < 1.29 is 17.7 Å². The molecule has 0 aromatic heterocycles. The molecule has 0 atom stereocenters. The van der Waals surface area contributed by atoms with Gasteiger partial charge in [0, 0.05) is 20.8 Å². The maximum Gasteiger partial charge on any atom is 0.483 e.